The van der Waals surface area contributed by atoms with Crippen molar-refractivity contribution in [3.8, 4) is 17.2 Å². The van der Waals surface area contributed by atoms with Gasteiger partial charge in [0.05, 0.1) is 12.7 Å². The second-order valence-electron chi connectivity index (χ2n) is 4.40. The van der Waals surface area contributed by atoms with Crippen LogP contribution in [-0.4, -0.2) is 18.1 Å². The maximum Gasteiger partial charge on any atom is 0.258 e. The molecule has 0 aliphatic carbocycles. The molecule has 0 bridgehead atoms. The molecule has 1 atom stereocenters. The summed E-state index contributed by atoms with van der Waals surface area (Å²) in [7, 11) is 1.52. The molecule has 0 saturated heterocycles. The van der Waals surface area contributed by atoms with E-state index in [1.54, 1.807) is 42.5 Å². The van der Waals surface area contributed by atoms with Gasteiger partial charge in [0, 0.05) is 5.56 Å². The number of rotatable bonds is 2. The van der Waals surface area contributed by atoms with Crippen molar-refractivity contribution in [1.82, 2.24) is 5.32 Å². The first-order valence-corrected chi connectivity index (χ1v) is 6.12. The fraction of sp³-hybridized carbons (Fsp3) is 0.133. The lowest BCUT2D eigenvalue weighted by atomic mass is 10.1. The summed E-state index contributed by atoms with van der Waals surface area (Å²) in [6.45, 7) is 0. The van der Waals surface area contributed by atoms with Gasteiger partial charge in [-0.2, -0.15) is 0 Å². The Morgan fingerprint density at radius 2 is 2.05 bits per heavy atom. The number of fused-ring (bicyclic) bond motifs is 1. The number of hydrogen-bond donors (Lipinski definition) is 2. The van der Waals surface area contributed by atoms with E-state index in [1.807, 2.05) is 0 Å². The molecule has 5 nitrogen and oxygen atoms in total. The number of carbonyl (C=O) groups excluding carboxylic acids is 1. The quantitative estimate of drug-likeness (QED) is 0.878. The SMILES string of the molecule is COc1cccc2c1O[C@H](c1cccc(O)c1)NC2=O. The molecule has 2 aromatic carbocycles. The summed E-state index contributed by atoms with van der Waals surface area (Å²) in [5.74, 6) is 0.791. The van der Waals surface area contributed by atoms with E-state index in [4.69, 9.17) is 9.47 Å². The van der Waals surface area contributed by atoms with Crippen molar-refractivity contribution in [2.24, 2.45) is 0 Å². The van der Waals surface area contributed by atoms with E-state index in [1.165, 1.54) is 7.11 Å². The van der Waals surface area contributed by atoms with Gasteiger partial charge in [0.2, 0.25) is 0 Å². The molecule has 3 rings (SSSR count). The summed E-state index contributed by atoms with van der Waals surface area (Å²) in [6.07, 6.45) is -0.654. The highest BCUT2D eigenvalue weighted by Crippen LogP contribution is 2.37. The van der Waals surface area contributed by atoms with Crippen LogP contribution < -0.4 is 14.8 Å². The lowest BCUT2D eigenvalue weighted by Gasteiger charge is -2.28. The van der Waals surface area contributed by atoms with E-state index in [0.717, 1.165) is 0 Å². The average Bonchev–Trinajstić information content (AvgIpc) is 2.46. The largest absolute Gasteiger partial charge is 0.508 e. The number of methoxy groups -OCH3 is 1. The minimum atomic E-state index is -0.654. The maximum absolute atomic E-state index is 12.1. The van der Waals surface area contributed by atoms with E-state index in [0.29, 0.717) is 22.6 Å². The number of benzene rings is 2. The highest BCUT2D eigenvalue weighted by atomic mass is 16.5. The van der Waals surface area contributed by atoms with E-state index in [9.17, 15) is 9.90 Å². The van der Waals surface area contributed by atoms with Crippen LogP contribution in [0.1, 0.15) is 22.1 Å². The van der Waals surface area contributed by atoms with E-state index in [-0.39, 0.29) is 11.7 Å². The normalized spacial score (nSPS) is 16.9. The zero-order chi connectivity index (χ0) is 14.1. The maximum atomic E-state index is 12.1. The van der Waals surface area contributed by atoms with Crippen molar-refractivity contribution in [2.75, 3.05) is 7.11 Å². The van der Waals surface area contributed by atoms with Crippen LogP contribution in [0.15, 0.2) is 42.5 Å². The minimum absolute atomic E-state index is 0.117. The standard InChI is InChI=1S/C15H13NO4/c1-19-12-7-3-6-11-13(12)20-15(16-14(11)18)9-4-2-5-10(17)8-9/h2-8,15,17H,1H3,(H,16,18)/t15-/m1/s1. The predicted octanol–water partition coefficient (Wildman–Crippen LogP) is 2.22. The third-order valence-corrected chi connectivity index (χ3v) is 3.11. The van der Waals surface area contributed by atoms with Crippen molar-refractivity contribution < 1.29 is 19.4 Å². The third kappa shape index (κ3) is 2.03. The molecule has 20 heavy (non-hydrogen) atoms. The molecule has 0 aromatic heterocycles. The average molecular weight is 271 g/mol. The van der Waals surface area contributed by atoms with Gasteiger partial charge < -0.3 is 19.9 Å². The molecule has 2 aromatic rings. The van der Waals surface area contributed by atoms with Crippen molar-refractivity contribution in [3.05, 3.63) is 53.6 Å². The molecule has 1 amide bonds. The summed E-state index contributed by atoms with van der Waals surface area (Å²) in [5, 5.41) is 12.3. The lowest BCUT2D eigenvalue weighted by Crippen LogP contribution is -2.36. The zero-order valence-corrected chi connectivity index (χ0v) is 10.8. The predicted molar refractivity (Wildman–Crippen MR) is 71.9 cm³/mol. The first-order chi connectivity index (χ1) is 9.69. The number of aromatic hydroxyl groups is 1. The molecule has 1 aliphatic heterocycles. The van der Waals surface area contributed by atoms with E-state index < -0.39 is 6.23 Å². The van der Waals surface area contributed by atoms with Gasteiger partial charge in [0.1, 0.15) is 5.75 Å². The molecule has 0 saturated carbocycles. The van der Waals surface area contributed by atoms with Gasteiger partial charge in [-0.25, -0.2) is 0 Å². The first kappa shape index (κ1) is 12.3. The molecule has 0 radical (unpaired) electrons. The Morgan fingerprint density at radius 3 is 2.80 bits per heavy atom. The number of carbonyl (C=O) groups is 1. The van der Waals surface area contributed by atoms with Gasteiger partial charge in [-0.1, -0.05) is 18.2 Å². The Hall–Kier alpha value is -2.69. The van der Waals surface area contributed by atoms with E-state index >= 15 is 0 Å². The number of amides is 1. The summed E-state index contributed by atoms with van der Waals surface area (Å²) in [6, 6.07) is 11.7. The minimum Gasteiger partial charge on any atom is -0.508 e. The Balaban J connectivity index is 2.01. The second kappa shape index (κ2) is 4.77. The summed E-state index contributed by atoms with van der Waals surface area (Å²) in [5.41, 5.74) is 1.09. The lowest BCUT2D eigenvalue weighted by molar-refractivity contribution is 0.0746. The number of para-hydroxylation sites is 1. The highest BCUT2D eigenvalue weighted by molar-refractivity contribution is 5.98. The van der Waals surface area contributed by atoms with Crippen molar-refractivity contribution >= 4 is 5.91 Å². The number of phenols is 1. The summed E-state index contributed by atoms with van der Waals surface area (Å²) < 4.78 is 11.0. The van der Waals surface area contributed by atoms with Gasteiger partial charge in [-0.15, -0.1) is 0 Å². The molecule has 5 heteroatoms. The smallest absolute Gasteiger partial charge is 0.258 e. The second-order valence-corrected chi connectivity index (χ2v) is 4.40. The summed E-state index contributed by atoms with van der Waals surface area (Å²) in [4.78, 5) is 12.1. The molecule has 0 fully saturated rings. The third-order valence-electron chi connectivity index (χ3n) is 3.11. The van der Waals surface area contributed by atoms with Crippen LogP contribution in [0, 0.1) is 0 Å². The fourth-order valence-electron chi connectivity index (χ4n) is 2.16. The van der Waals surface area contributed by atoms with Gasteiger partial charge in [0.15, 0.2) is 17.7 Å². The molecule has 0 spiro atoms. The number of hydrogen-bond acceptors (Lipinski definition) is 4. The van der Waals surface area contributed by atoms with Crippen LogP contribution in [0.5, 0.6) is 17.2 Å². The monoisotopic (exact) mass is 271 g/mol. The van der Waals surface area contributed by atoms with E-state index in [2.05, 4.69) is 5.32 Å². The highest BCUT2D eigenvalue weighted by Gasteiger charge is 2.29. The topological polar surface area (TPSA) is 67.8 Å². The van der Waals surface area contributed by atoms with Crippen LogP contribution in [0.2, 0.25) is 0 Å². The molecular formula is C15H13NO4. The van der Waals surface area contributed by atoms with Crippen LogP contribution in [0.4, 0.5) is 0 Å². The molecular weight excluding hydrogens is 258 g/mol. The molecule has 102 valence electrons. The van der Waals surface area contributed by atoms with Gasteiger partial charge >= 0.3 is 0 Å². The molecule has 1 aliphatic rings. The first-order valence-electron chi connectivity index (χ1n) is 6.12. The number of ether oxygens (including phenoxy) is 2. The molecule has 1 heterocycles. The number of nitrogens with one attached hydrogen (secondary N) is 1. The van der Waals surface area contributed by atoms with Gasteiger partial charge in [0.25, 0.3) is 5.91 Å². The van der Waals surface area contributed by atoms with Crippen LogP contribution in [-0.2, 0) is 0 Å². The van der Waals surface area contributed by atoms with Crippen LogP contribution >= 0.6 is 0 Å². The molecule has 2 N–H and O–H groups in total. The Morgan fingerprint density at radius 1 is 1.25 bits per heavy atom. The van der Waals surface area contributed by atoms with Gasteiger partial charge in [-0.3, -0.25) is 4.79 Å². The Labute approximate surface area is 115 Å². The molecule has 0 unspecified atom stereocenters. The van der Waals surface area contributed by atoms with Gasteiger partial charge in [-0.05, 0) is 24.3 Å². The van der Waals surface area contributed by atoms with Crippen LogP contribution in [0.3, 0.4) is 0 Å². The van der Waals surface area contributed by atoms with Crippen LogP contribution in [0.25, 0.3) is 0 Å². The van der Waals surface area contributed by atoms with Crippen molar-refractivity contribution in [1.29, 1.82) is 0 Å². The fourth-order valence-corrected chi connectivity index (χ4v) is 2.16. The zero-order valence-electron chi connectivity index (χ0n) is 10.8. The van der Waals surface area contributed by atoms with Crippen molar-refractivity contribution in [3.63, 3.8) is 0 Å². The number of phenolic OH excluding ortho intramolecular Hbond substituents is 1. The Kier molecular flexibility index (Phi) is 2.95. The summed E-state index contributed by atoms with van der Waals surface area (Å²) >= 11 is 0. The Bertz CT molecular complexity index is 669. The van der Waals surface area contributed by atoms with Crippen molar-refractivity contribution in [2.45, 2.75) is 6.23 Å².